The van der Waals surface area contributed by atoms with Gasteiger partial charge in [-0.05, 0) is 18.2 Å². The molecule has 22 heavy (non-hydrogen) atoms. The number of nitrogens with zero attached hydrogens (tertiary/aromatic N) is 1. The van der Waals surface area contributed by atoms with Crippen molar-refractivity contribution in [2.24, 2.45) is 0 Å². The molecule has 0 fully saturated rings. The van der Waals surface area contributed by atoms with Crippen molar-refractivity contribution in [3.63, 3.8) is 0 Å². The van der Waals surface area contributed by atoms with Crippen LogP contribution in [0.5, 0.6) is 17.2 Å². The third-order valence-corrected chi connectivity index (χ3v) is 3.15. The number of carbonyl (C=O) groups excluding carboxylic acids is 2. The lowest BCUT2D eigenvalue weighted by atomic mass is 10.00. The topological polar surface area (TPSA) is 74.7 Å². The summed E-state index contributed by atoms with van der Waals surface area (Å²) >= 11 is 0. The fourth-order valence-corrected chi connectivity index (χ4v) is 2.08. The van der Waals surface area contributed by atoms with Gasteiger partial charge in [-0.25, -0.2) is 0 Å². The van der Waals surface area contributed by atoms with Gasteiger partial charge in [0.05, 0.1) is 21.3 Å². The quantitative estimate of drug-likeness (QED) is 0.601. The highest BCUT2D eigenvalue weighted by Gasteiger charge is 2.19. The highest BCUT2D eigenvalue weighted by Crippen LogP contribution is 2.38. The van der Waals surface area contributed by atoms with Crippen molar-refractivity contribution in [1.82, 2.24) is 4.98 Å². The zero-order chi connectivity index (χ0) is 16.1. The van der Waals surface area contributed by atoms with Crippen molar-refractivity contribution in [2.75, 3.05) is 21.3 Å². The monoisotopic (exact) mass is 301 g/mol. The molecule has 0 radical (unpaired) electrons. The summed E-state index contributed by atoms with van der Waals surface area (Å²) in [5.74, 6) is 0.800. The smallest absolute Gasteiger partial charge is 0.203 e. The second-order valence-corrected chi connectivity index (χ2v) is 4.32. The van der Waals surface area contributed by atoms with Crippen LogP contribution in [0.1, 0.15) is 26.3 Å². The summed E-state index contributed by atoms with van der Waals surface area (Å²) < 4.78 is 15.7. The van der Waals surface area contributed by atoms with Gasteiger partial charge in [0.15, 0.2) is 23.6 Å². The summed E-state index contributed by atoms with van der Waals surface area (Å²) in [7, 11) is 4.42. The maximum absolute atomic E-state index is 12.6. The van der Waals surface area contributed by atoms with E-state index in [-0.39, 0.29) is 16.9 Å². The molecule has 0 unspecified atom stereocenters. The van der Waals surface area contributed by atoms with Crippen molar-refractivity contribution in [3.8, 4) is 17.2 Å². The van der Waals surface area contributed by atoms with E-state index in [9.17, 15) is 9.59 Å². The molecule has 0 spiro atoms. The molecule has 0 N–H and O–H groups in total. The largest absolute Gasteiger partial charge is 0.493 e. The Balaban J connectivity index is 2.57. The van der Waals surface area contributed by atoms with Crippen molar-refractivity contribution < 1.29 is 23.8 Å². The lowest BCUT2D eigenvalue weighted by Crippen LogP contribution is -2.07. The van der Waals surface area contributed by atoms with E-state index in [2.05, 4.69) is 4.98 Å². The third kappa shape index (κ3) is 2.76. The van der Waals surface area contributed by atoms with Gasteiger partial charge in [-0.1, -0.05) is 0 Å². The Labute approximate surface area is 127 Å². The molecular formula is C16H15NO5. The predicted molar refractivity (Wildman–Crippen MR) is 79.2 cm³/mol. The maximum atomic E-state index is 12.6. The van der Waals surface area contributed by atoms with Gasteiger partial charge in [-0.15, -0.1) is 0 Å². The van der Waals surface area contributed by atoms with Crippen LogP contribution < -0.4 is 14.2 Å². The molecule has 1 heterocycles. The van der Waals surface area contributed by atoms with E-state index in [0.717, 1.165) is 0 Å². The number of carbonyl (C=O) groups is 2. The molecule has 0 saturated heterocycles. The van der Waals surface area contributed by atoms with Gasteiger partial charge in [-0.2, -0.15) is 0 Å². The van der Waals surface area contributed by atoms with Gasteiger partial charge in [0.1, 0.15) is 0 Å². The average Bonchev–Trinajstić information content (AvgIpc) is 2.59. The minimum Gasteiger partial charge on any atom is -0.493 e. The molecule has 2 aromatic rings. The van der Waals surface area contributed by atoms with Crippen LogP contribution in [-0.4, -0.2) is 38.4 Å². The summed E-state index contributed by atoms with van der Waals surface area (Å²) in [5, 5.41) is 0. The molecule has 0 aliphatic carbocycles. The van der Waals surface area contributed by atoms with Gasteiger partial charge in [0.2, 0.25) is 5.75 Å². The van der Waals surface area contributed by atoms with E-state index in [4.69, 9.17) is 14.2 Å². The van der Waals surface area contributed by atoms with Gasteiger partial charge in [0.25, 0.3) is 0 Å². The second-order valence-electron chi connectivity index (χ2n) is 4.32. The SMILES string of the molecule is COc1cc(C(=O)c2ccncc2C=O)cc(OC)c1OC. The molecule has 0 atom stereocenters. The van der Waals surface area contributed by atoms with E-state index < -0.39 is 0 Å². The van der Waals surface area contributed by atoms with Gasteiger partial charge in [-0.3, -0.25) is 14.6 Å². The minimum absolute atomic E-state index is 0.223. The number of aldehydes is 1. The highest BCUT2D eigenvalue weighted by molar-refractivity contribution is 6.13. The molecule has 0 aliphatic heterocycles. The van der Waals surface area contributed by atoms with E-state index in [0.29, 0.717) is 29.1 Å². The fourth-order valence-electron chi connectivity index (χ4n) is 2.08. The summed E-state index contributed by atoms with van der Waals surface area (Å²) in [6.45, 7) is 0. The van der Waals surface area contributed by atoms with E-state index in [1.165, 1.54) is 39.8 Å². The van der Waals surface area contributed by atoms with Crippen LogP contribution in [0.2, 0.25) is 0 Å². The predicted octanol–water partition coefficient (Wildman–Crippen LogP) is 2.15. The number of rotatable bonds is 6. The molecule has 0 amide bonds. The van der Waals surface area contributed by atoms with Crippen LogP contribution in [0.15, 0.2) is 30.6 Å². The summed E-state index contributed by atoms with van der Waals surface area (Å²) in [6.07, 6.45) is 3.40. The van der Waals surface area contributed by atoms with Crippen molar-refractivity contribution >= 4 is 12.1 Å². The number of hydrogen-bond acceptors (Lipinski definition) is 6. The van der Waals surface area contributed by atoms with Crippen LogP contribution >= 0.6 is 0 Å². The number of hydrogen-bond donors (Lipinski definition) is 0. The first-order valence-corrected chi connectivity index (χ1v) is 6.40. The molecule has 0 bridgehead atoms. The van der Waals surface area contributed by atoms with Crippen LogP contribution in [0.3, 0.4) is 0 Å². The molecule has 6 nitrogen and oxygen atoms in total. The number of methoxy groups -OCH3 is 3. The number of pyridine rings is 1. The summed E-state index contributed by atoms with van der Waals surface area (Å²) in [5.41, 5.74) is 0.810. The highest BCUT2D eigenvalue weighted by atomic mass is 16.5. The Bertz CT molecular complexity index is 686. The van der Waals surface area contributed by atoms with Crippen LogP contribution in [0.4, 0.5) is 0 Å². The van der Waals surface area contributed by atoms with Gasteiger partial charge in [0, 0.05) is 29.1 Å². The molecule has 6 heteroatoms. The van der Waals surface area contributed by atoms with Gasteiger partial charge >= 0.3 is 0 Å². The third-order valence-electron chi connectivity index (χ3n) is 3.15. The normalized spacial score (nSPS) is 9.95. The number of ether oxygens (including phenoxy) is 3. The van der Waals surface area contributed by atoms with Gasteiger partial charge < -0.3 is 14.2 Å². The summed E-state index contributed by atoms with van der Waals surface area (Å²) in [6, 6.07) is 4.58. The Morgan fingerprint density at radius 3 is 2.23 bits per heavy atom. The zero-order valence-electron chi connectivity index (χ0n) is 12.5. The van der Waals surface area contributed by atoms with Crippen molar-refractivity contribution in [2.45, 2.75) is 0 Å². The fraction of sp³-hybridized carbons (Fsp3) is 0.188. The lowest BCUT2D eigenvalue weighted by molar-refractivity contribution is 0.102. The Hall–Kier alpha value is -2.89. The molecular weight excluding hydrogens is 286 g/mol. The number of aromatic nitrogens is 1. The zero-order valence-corrected chi connectivity index (χ0v) is 12.5. The lowest BCUT2D eigenvalue weighted by Gasteiger charge is -2.14. The number of ketones is 1. The van der Waals surface area contributed by atoms with E-state index in [1.54, 1.807) is 12.1 Å². The maximum Gasteiger partial charge on any atom is 0.203 e. The molecule has 1 aromatic heterocycles. The molecule has 1 aromatic carbocycles. The van der Waals surface area contributed by atoms with Crippen LogP contribution in [0.25, 0.3) is 0 Å². The Kier molecular flexibility index (Phi) is 4.73. The van der Waals surface area contributed by atoms with Crippen LogP contribution in [0, 0.1) is 0 Å². The van der Waals surface area contributed by atoms with Crippen molar-refractivity contribution in [1.29, 1.82) is 0 Å². The molecule has 0 aliphatic rings. The average molecular weight is 301 g/mol. The standard InChI is InChI=1S/C16H15NO5/c1-20-13-6-10(7-14(21-2)16(13)22-3)15(19)12-4-5-17-8-11(12)9-18/h4-9H,1-3H3. The molecule has 2 rings (SSSR count). The molecule has 114 valence electrons. The Morgan fingerprint density at radius 1 is 1.09 bits per heavy atom. The molecule has 0 saturated carbocycles. The van der Waals surface area contributed by atoms with E-state index in [1.807, 2.05) is 0 Å². The number of benzene rings is 1. The first-order valence-electron chi connectivity index (χ1n) is 6.40. The second kappa shape index (κ2) is 6.71. The first-order chi connectivity index (χ1) is 10.7. The Morgan fingerprint density at radius 2 is 1.73 bits per heavy atom. The first kappa shape index (κ1) is 15.5. The van der Waals surface area contributed by atoms with E-state index >= 15 is 0 Å². The van der Waals surface area contributed by atoms with Crippen molar-refractivity contribution in [3.05, 3.63) is 47.3 Å². The summed E-state index contributed by atoms with van der Waals surface area (Å²) in [4.78, 5) is 27.5. The minimum atomic E-state index is -0.330. The van der Waals surface area contributed by atoms with Crippen LogP contribution in [-0.2, 0) is 0 Å².